The zero-order valence-corrected chi connectivity index (χ0v) is 12.8. The second-order valence-corrected chi connectivity index (χ2v) is 7.02. The molecular weight excluding hydrogens is 284 g/mol. The zero-order chi connectivity index (χ0) is 14.6. The fourth-order valence-electron chi connectivity index (χ4n) is 1.46. The minimum atomic E-state index is -1.18. The van der Waals surface area contributed by atoms with Crippen LogP contribution in [0, 0.1) is 5.92 Å². The first kappa shape index (κ1) is 16.0. The number of anilines is 2. The molecule has 0 heterocycles. The Labute approximate surface area is 121 Å². The molecule has 1 aromatic rings. The highest BCUT2D eigenvalue weighted by Gasteiger charge is 2.20. The molecule has 19 heavy (non-hydrogen) atoms. The summed E-state index contributed by atoms with van der Waals surface area (Å²) >= 11 is 5.80. The molecule has 0 aliphatic rings. The number of hydrogen-bond acceptors (Lipinski definition) is 3. The minimum Gasteiger partial charge on any atom is -0.397 e. The van der Waals surface area contributed by atoms with Gasteiger partial charge in [-0.2, -0.15) is 0 Å². The van der Waals surface area contributed by atoms with Crippen LogP contribution in [0.25, 0.3) is 0 Å². The molecule has 0 bridgehead atoms. The number of carbonyl (C=O) groups excluding carboxylic acids is 1. The third-order valence-electron chi connectivity index (χ3n) is 2.52. The number of carbonyl (C=O) groups is 1. The highest BCUT2D eigenvalue weighted by molar-refractivity contribution is 7.86. The van der Waals surface area contributed by atoms with Gasteiger partial charge in [-0.05, 0) is 31.0 Å². The van der Waals surface area contributed by atoms with Gasteiger partial charge in [0.2, 0.25) is 5.91 Å². The quantitative estimate of drug-likeness (QED) is 0.821. The van der Waals surface area contributed by atoms with Crippen LogP contribution in [0.5, 0.6) is 0 Å². The van der Waals surface area contributed by atoms with Gasteiger partial charge in [-0.15, -0.1) is 0 Å². The SMILES string of the molecule is CC(C)CS(=O)C(C)C(=O)Nc1ccc(Cl)c(N)c1. The minimum absolute atomic E-state index is 0.277. The molecule has 0 spiro atoms. The topological polar surface area (TPSA) is 72.2 Å². The first-order chi connectivity index (χ1) is 8.81. The lowest BCUT2D eigenvalue weighted by atomic mass is 10.2. The molecule has 4 nitrogen and oxygen atoms in total. The number of halogens is 1. The van der Waals surface area contributed by atoms with Crippen molar-refractivity contribution in [3.8, 4) is 0 Å². The number of benzene rings is 1. The van der Waals surface area contributed by atoms with E-state index in [1.807, 2.05) is 13.8 Å². The molecule has 0 saturated carbocycles. The lowest BCUT2D eigenvalue weighted by molar-refractivity contribution is -0.115. The van der Waals surface area contributed by atoms with Gasteiger partial charge in [0.1, 0.15) is 5.25 Å². The van der Waals surface area contributed by atoms with E-state index in [0.29, 0.717) is 28.1 Å². The summed E-state index contributed by atoms with van der Waals surface area (Å²) in [5, 5.41) is 2.58. The predicted molar refractivity (Wildman–Crippen MR) is 81.8 cm³/mol. The summed E-state index contributed by atoms with van der Waals surface area (Å²) in [5.41, 5.74) is 6.61. The van der Waals surface area contributed by atoms with Crippen molar-refractivity contribution in [3.05, 3.63) is 23.2 Å². The number of nitrogens with two attached hydrogens (primary N) is 1. The van der Waals surface area contributed by atoms with Crippen LogP contribution in [0.15, 0.2) is 18.2 Å². The molecule has 0 aromatic heterocycles. The number of nitrogen functional groups attached to an aromatic ring is 1. The Morgan fingerprint density at radius 1 is 1.42 bits per heavy atom. The lowest BCUT2D eigenvalue weighted by Crippen LogP contribution is -2.31. The van der Waals surface area contributed by atoms with Crippen molar-refractivity contribution in [2.75, 3.05) is 16.8 Å². The van der Waals surface area contributed by atoms with Gasteiger partial charge in [-0.3, -0.25) is 9.00 Å². The van der Waals surface area contributed by atoms with E-state index in [1.165, 1.54) is 0 Å². The van der Waals surface area contributed by atoms with Crippen LogP contribution in [-0.2, 0) is 15.6 Å². The Hall–Kier alpha value is -1.07. The number of rotatable bonds is 5. The van der Waals surface area contributed by atoms with Crippen LogP contribution in [0.4, 0.5) is 11.4 Å². The highest BCUT2D eigenvalue weighted by atomic mass is 35.5. The van der Waals surface area contributed by atoms with E-state index < -0.39 is 16.0 Å². The Bertz CT molecular complexity index is 492. The molecule has 1 rings (SSSR count). The standard InChI is InChI=1S/C13H19ClN2O2S/c1-8(2)7-19(18)9(3)13(17)16-10-4-5-11(14)12(15)6-10/h4-6,8-9H,7,15H2,1-3H3,(H,16,17). The second-order valence-electron chi connectivity index (χ2n) is 4.81. The van der Waals surface area contributed by atoms with E-state index in [9.17, 15) is 9.00 Å². The summed E-state index contributed by atoms with van der Waals surface area (Å²) in [4.78, 5) is 12.0. The van der Waals surface area contributed by atoms with Gasteiger partial charge in [-0.25, -0.2) is 0 Å². The summed E-state index contributed by atoms with van der Waals surface area (Å²) in [5.74, 6) is 0.528. The van der Waals surface area contributed by atoms with Crippen molar-refractivity contribution in [2.24, 2.45) is 5.92 Å². The molecule has 2 unspecified atom stereocenters. The Balaban J connectivity index is 2.68. The van der Waals surface area contributed by atoms with E-state index >= 15 is 0 Å². The summed E-state index contributed by atoms with van der Waals surface area (Å²) in [6.45, 7) is 5.61. The maximum Gasteiger partial charge on any atom is 0.239 e. The van der Waals surface area contributed by atoms with Crippen LogP contribution in [-0.4, -0.2) is 21.1 Å². The lowest BCUT2D eigenvalue weighted by Gasteiger charge is -2.14. The molecule has 0 fully saturated rings. The smallest absolute Gasteiger partial charge is 0.239 e. The third kappa shape index (κ3) is 4.84. The van der Waals surface area contributed by atoms with Crippen LogP contribution in [0.1, 0.15) is 20.8 Å². The maximum atomic E-state index is 12.0. The Morgan fingerprint density at radius 2 is 2.05 bits per heavy atom. The molecule has 0 radical (unpaired) electrons. The molecule has 1 aromatic carbocycles. The molecule has 0 aliphatic carbocycles. The number of hydrogen-bond donors (Lipinski definition) is 2. The van der Waals surface area contributed by atoms with Crippen LogP contribution in [0.3, 0.4) is 0 Å². The summed E-state index contributed by atoms with van der Waals surface area (Å²) < 4.78 is 11.9. The summed E-state index contributed by atoms with van der Waals surface area (Å²) in [6, 6.07) is 4.86. The van der Waals surface area contributed by atoms with Gasteiger partial charge in [0.25, 0.3) is 0 Å². The van der Waals surface area contributed by atoms with Gasteiger partial charge < -0.3 is 11.1 Å². The Kier molecular flexibility index (Phi) is 5.82. The maximum absolute atomic E-state index is 12.0. The number of amides is 1. The van der Waals surface area contributed by atoms with E-state index in [1.54, 1.807) is 25.1 Å². The van der Waals surface area contributed by atoms with Crippen molar-refractivity contribution in [1.29, 1.82) is 0 Å². The van der Waals surface area contributed by atoms with Gasteiger partial charge >= 0.3 is 0 Å². The largest absolute Gasteiger partial charge is 0.397 e. The first-order valence-corrected chi connectivity index (χ1v) is 7.80. The van der Waals surface area contributed by atoms with Crippen LogP contribution >= 0.6 is 11.6 Å². The summed E-state index contributed by atoms with van der Waals surface area (Å²) in [7, 11) is -1.18. The van der Waals surface area contributed by atoms with E-state index in [4.69, 9.17) is 17.3 Å². The molecule has 3 N–H and O–H groups in total. The van der Waals surface area contributed by atoms with E-state index in [-0.39, 0.29) is 5.91 Å². The monoisotopic (exact) mass is 302 g/mol. The fraction of sp³-hybridized carbons (Fsp3) is 0.462. The van der Waals surface area contributed by atoms with Crippen molar-refractivity contribution >= 4 is 39.7 Å². The van der Waals surface area contributed by atoms with Crippen molar-refractivity contribution in [1.82, 2.24) is 0 Å². The van der Waals surface area contributed by atoms with Gasteiger partial charge in [-0.1, -0.05) is 25.4 Å². The normalized spacial score (nSPS) is 14.2. The zero-order valence-electron chi connectivity index (χ0n) is 11.3. The molecule has 1 amide bonds. The molecular formula is C13H19ClN2O2S. The predicted octanol–water partition coefficient (Wildman–Crippen LogP) is 2.65. The van der Waals surface area contributed by atoms with Crippen molar-refractivity contribution < 1.29 is 9.00 Å². The van der Waals surface area contributed by atoms with E-state index in [0.717, 1.165) is 0 Å². The third-order valence-corrected chi connectivity index (χ3v) is 4.87. The van der Waals surface area contributed by atoms with E-state index in [2.05, 4.69) is 5.32 Å². The summed E-state index contributed by atoms with van der Waals surface area (Å²) in [6.07, 6.45) is 0. The molecule has 2 atom stereocenters. The van der Waals surface area contributed by atoms with Crippen molar-refractivity contribution in [3.63, 3.8) is 0 Å². The highest BCUT2D eigenvalue weighted by Crippen LogP contribution is 2.22. The fourth-order valence-corrected chi connectivity index (χ4v) is 2.82. The van der Waals surface area contributed by atoms with Crippen LogP contribution in [0.2, 0.25) is 5.02 Å². The van der Waals surface area contributed by atoms with Gasteiger partial charge in [0, 0.05) is 22.2 Å². The Morgan fingerprint density at radius 3 is 2.58 bits per heavy atom. The molecule has 0 saturated heterocycles. The first-order valence-electron chi connectivity index (χ1n) is 6.04. The average Bonchev–Trinajstić information content (AvgIpc) is 2.32. The average molecular weight is 303 g/mol. The molecule has 0 aliphatic heterocycles. The number of nitrogens with one attached hydrogen (secondary N) is 1. The van der Waals surface area contributed by atoms with Crippen LogP contribution < -0.4 is 11.1 Å². The van der Waals surface area contributed by atoms with Gasteiger partial charge in [0.15, 0.2) is 0 Å². The molecule has 6 heteroatoms. The molecule has 106 valence electrons. The second kappa shape index (κ2) is 6.91. The van der Waals surface area contributed by atoms with Gasteiger partial charge in [0.05, 0.1) is 10.7 Å². The van der Waals surface area contributed by atoms with Crippen molar-refractivity contribution in [2.45, 2.75) is 26.0 Å².